The van der Waals surface area contributed by atoms with Crippen molar-refractivity contribution in [1.29, 1.82) is 0 Å². The van der Waals surface area contributed by atoms with E-state index in [4.69, 9.17) is 0 Å². The molecular formula is C12H16N2O2. The second-order valence-corrected chi connectivity index (χ2v) is 4.03. The van der Waals surface area contributed by atoms with E-state index < -0.39 is 0 Å². The maximum atomic E-state index is 10.9. The summed E-state index contributed by atoms with van der Waals surface area (Å²) >= 11 is 0. The number of rotatable bonds is 3. The normalized spacial score (nSPS) is 10.8. The van der Waals surface area contributed by atoms with Crippen molar-refractivity contribution < 1.29 is 4.92 Å². The summed E-state index contributed by atoms with van der Waals surface area (Å²) in [5, 5.41) is 10.9. The second kappa shape index (κ2) is 4.79. The quantitative estimate of drug-likeness (QED) is 0.581. The van der Waals surface area contributed by atoms with E-state index in [1.807, 2.05) is 38.9 Å². The van der Waals surface area contributed by atoms with E-state index in [-0.39, 0.29) is 10.6 Å². The molecule has 0 fully saturated rings. The third-order valence-corrected chi connectivity index (χ3v) is 2.39. The molecule has 0 saturated carbocycles. The van der Waals surface area contributed by atoms with Crippen LogP contribution in [0, 0.1) is 24.0 Å². The Morgan fingerprint density at radius 3 is 2.31 bits per heavy atom. The van der Waals surface area contributed by atoms with Crippen LogP contribution in [0.3, 0.4) is 0 Å². The molecule has 4 heteroatoms. The molecule has 16 heavy (non-hydrogen) atoms. The standard InChI is InChI=1S/C12H16N2O2/c1-9-7-11(5-6-13(3)4)12(14(15)16)8-10(9)2/h5-8H,1-4H3/b6-5+. The van der Waals surface area contributed by atoms with E-state index in [1.165, 1.54) is 0 Å². The molecule has 4 nitrogen and oxygen atoms in total. The summed E-state index contributed by atoms with van der Waals surface area (Å²) in [7, 11) is 3.76. The predicted molar refractivity (Wildman–Crippen MR) is 65.3 cm³/mol. The largest absolute Gasteiger partial charge is 0.383 e. The number of aryl methyl sites for hydroxylation is 2. The van der Waals surface area contributed by atoms with Crippen LogP contribution in [0.2, 0.25) is 0 Å². The lowest BCUT2D eigenvalue weighted by molar-refractivity contribution is -0.385. The third kappa shape index (κ3) is 2.82. The second-order valence-electron chi connectivity index (χ2n) is 4.03. The summed E-state index contributed by atoms with van der Waals surface area (Å²) in [5.74, 6) is 0. The van der Waals surface area contributed by atoms with Gasteiger partial charge in [-0.2, -0.15) is 0 Å². The molecule has 0 atom stereocenters. The number of hydrogen-bond acceptors (Lipinski definition) is 3. The minimum absolute atomic E-state index is 0.154. The van der Waals surface area contributed by atoms with E-state index in [9.17, 15) is 10.1 Å². The topological polar surface area (TPSA) is 46.4 Å². The fourth-order valence-corrected chi connectivity index (χ4v) is 1.34. The lowest BCUT2D eigenvalue weighted by atomic mass is 10.0. The van der Waals surface area contributed by atoms with Crippen LogP contribution in [-0.2, 0) is 0 Å². The van der Waals surface area contributed by atoms with E-state index in [0.717, 1.165) is 11.1 Å². The van der Waals surface area contributed by atoms with Gasteiger partial charge in [0.2, 0.25) is 0 Å². The van der Waals surface area contributed by atoms with Gasteiger partial charge >= 0.3 is 0 Å². The first-order valence-corrected chi connectivity index (χ1v) is 5.02. The van der Waals surface area contributed by atoms with Crippen LogP contribution in [0.15, 0.2) is 18.3 Å². The van der Waals surface area contributed by atoms with E-state index in [1.54, 1.807) is 18.3 Å². The zero-order chi connectivity index (χ0) is 12.3. The van der Waals surface area contributed by atoms with Gasteiger partial charge in [-0.05, 0) is 43.3 Å². The molecule has 0 N–H and O–H groups in total. The van der Waals surface area contributed by atoms with Gasteiger partial charge in [-0.1, -0.05) is 0 Å². The molecule has 0 heterocycles. The van der Waals surface area contributed by atoms with Crippen LogP contribution in [0.4, 0.5) is 5.69 Å². The van der Waals surface area contributed by atoms with Gasteiger partial charge in [0.1, 0.15) is 0 Å². The van der Waals surface area contributed by atoms with E-state index in [2.05, 4.69) is 0 Å². The molecule has 0 aliphatic rings. The number of nitrogens with zero attached hydrogens (tertiary/aromatic N) is 2. The van der Waals surface area contributed by atoms with Gasteiger partial charge < -0.3 is 4.90 Å². The van der Waals surface area contributed by atoms with Gasteiger partial charge in [0.25, 0.3) is 5.69 Å². The number of nitro benzene ring substituents is 1. The van der Waals surface area contributed by atoms with Crippen molar-refractivity contribution in [3.8, 4) is 0 Å². The van der Waals surface area contributed by atoms with Crippen molar-refractivity contribution in [2.45, 2.75) is 13.8 Å². The highest BCUT2D eigenvalue weighted by Gasteiger charge is 2.12. The third-order valence-electron chi connectivity index (χ3n) is 2.39. The van der Waals surface area contributed by atoms with Crippen molar-refractivity contribution in [3.63, 3.8) is 0 Å². The first-order valence-electron chi connectivity index (χ1n) is 5.02. The molecule has 1 rings (SSSR count). The average Bonchev–Trinajstić information content (AvgIpc) is 2.18. The molecule has 0 aromatic heterocycles. The van der Waals surface area contributed by atoms with Crippen molar-refractivity contribution >= 4 is 11.8 Å². The molecule has 1 aromatic rings. The summed E-state index contributed by atoms with van der Waals surface area (Å²) in [5.41, 5.74) is 2.79. The summed E-state index contributed by atoms with van der Waals surface area (Å²) < 4.78 is 0. The highest BCUT2D eigenvalue weighted by molar-refractivity contribution is 5.63. The Labute approximate surface area is 95.3 Å². The first kappa shape index (κ1) is 12.2. The molecule has 0 aliphatic carbocycles. The Morgan fingerprint density at radius 2 is 1.81 bits per heavy atom. The van der Waals surface area contributed by atoms with Crippen molar-refractivity contribution in [3.05, 3.63) is 45.1 Å². The predicted octanol–water partition coefficient (Wildman–Crippen LogP) is 2.74. The smallest absolute Gasteiger partial charge is 0.276 e. The van der Waals surface area contributed by atoms with Crippen LogP contribution in [0.5, 0.6) is 0 Å². The molecule has 0 amide bonds. The molecular weight excluding hydrogens is 204 g/mol. The monoisotopic (exact) mass is 220 g/mol. The summed E-state index contributed by atoms with van der Waals surface area (Å²) in [6.45, 7) is 3.83. The minimum Gasteiger partial charge on any atom is -0.383 e. The van der Waals surface area contributed by atoms with Gasteiger partial charge in [0.15, 0.2) is 0 Å². The van der Waals surface area contributed by atoms with E-state index in [0.29, 0.717) is 5.56 Å². The molecule has 86 valence electrons. The average molecular weight is 220 g/mol. The lowest BCUT2D eigenvalue weighted by Crippen LogP contribution is -2.00. The SMILES string of the molecule is Cc1cc(/C=C/N(C)C)c([N+](=O)[O-])cc1C. The van der Waals surface area contributed by atoms with Gasteiger partial charge in [-0.15, -0.1) is 0 Å². The Hall–Kier alpha value is -1.84. The van der Waals surface area contributed by atoms with Gasteiger partial charge in [0, 0.05) is 20.2 Å². The zero-order valence-corrected chi connectivity index (χ0v) is 10.0. The Bertz CT molecular complexity index is 437. The zero-order valence-electron chi connectivity index (χ0n) is 10.0. The van der Waals surface area contributed by atoms with Crippen LogP contribution in [0.25, 0.3) is 6.08 Å². The van der Waals surface area contributed by atoms with Gasteiger partial charge in [0.05, 0.1) is 10.5 Å². The van der Waals surface area contributed by atoms with Crippen LogP contribution in [-0.4, -0.2) is 23.9 Å². The molecule has 0 aliphatic heterocycles. The number of nitro groups is 1. The molecule has 0 saturated heterocycles. The fourth-order valence-electron chi connectivity index (χ4n) is 1.34. The maximum Gasteiger partial charge on any atom is 0.276 e. The highest BCUT2D eigenvalue weighted by atomic mass is 16.6. The van der Waals surface area contributed by atoms with Crippen molar-refractivity contribution in [2.24, 2.45) is 0 Å². The number of hydrogen-bond donors (Lipinski definition) is 0. The lowest BCUT2D eigenvalue weighted by Gasteiger charge is -2.06. The molecule has 0 radical (unpaired) electrons. The van der Waals surface area contributed by atoms with Crippen LogP contribution >= 0.6 is 0 Å². The van der Waals surface area contributed by atoms with E-state index >= 15 is 0 Å². The van der Waals surface area contributed by atoms with Crippen LogP contribution in [0.1, 0.15) is 16.7 Å². The summed E-state index contributed by atoms with van der Waals surface area (Å²) in [6.07, 6.45) is 3.56. The first-order chi connectivity index (χ1) is 7.41. The van der Waals surface area contributed by atoms with Gasteiger partial charge in [-0.25, -0.2) is 0 Å². The summed E-state index contributed by atoms with van der Waals surface area (Å²) in [4.78, 5) is 12.4. The highest BCUT2D eigenvalue weighted by Crippen LogP contribution is 2.24. The summed E-state index contributed by atoms with van der Waals surface area (Å²) in [6, 6.07) is 3.46. The van der Waals surface area contributed by atoms with Gasteiger partial charge in [-0.3, -0.25) is 10.1 Å². The molecule has 0 bridgehead atoms. The molecule has 0 spiro atoms. The van der Waals surface area contributed by atoms with Crippen molar-refractivity contribution in [1.82, 2.24) is 4.90 Å². The Kier molecular flexibility index (Phi) is 3.66. The minimum atomic E-state index is -0.345. The molecule has 1 aromatic carbocycles. The maximum absolute atomic E-state index is 10.9. The molecule has 0 unspecified atom stereocenters. The Balaban J connectivity index is 3.25. The fraction of sp³-hybridized carbons (Fsp3) is 0.333. The Morgan fingerprint density at radius 1 is 1.25 bits per heavy atom. The van der Waals surface area contributed by atoms with Crippen LogP contribution < -0.4 is 0 Å². The number of benzene rings is 1. The van der Waals surface area contributed by atoms with Crippen molar-refractivity contribution in [2.75, 3.05) is 14.1 Å².